The van der Waals surface area contributed by atoms with Gasteiger partial charge in [0.15, 0.2) is 0 Å². The third kappa shape index (κ3) is 5.00. The van der Waals surface area contributed by atoms with Gasteiger partial charge in [0.2, 0.25) is 0 Å². The second-order valence-corrected chi connectivity index (χ2v) is 9.31. The van der Waals surface area contributed by atoms with Crippen LogP contribution in [0.2, 0.25) is 0 Å². The Morgan fingerprint density at radius 2 is 1.88 bits per heavy atom. The molecule has 0 aliphatic heterocycles. The summed E-state index contributed by atoms with van der Waals surface area (Å²) in [5, 5.41) is 0.635. The van der Waals surface area contributed by atoms with Crippen LogP contribution < -0.4 is 4.74 Å². The summed E-state index contributed by atoms with van der Waals surface area (Å²) >= 11 is 5.00. The van der Waals surface area contributed by atoms with E-state index >= 15 is 0 Å². The van der Waals surface area contributed by atoms with Gasteiger partial charge < -0.3 is 9.47 Å². The number of carbonyl (C=O) groups excluding carboxylic acids is 2. The molecule has 0 atom stereocenters. The van der Waals surface area contributed by atoms with E-state index in [0.29, 0.717) is 34.0 Å². The van der Waals surface area contributed by atoms with Crippen LogP contribution >= 0.6 is 27.3 Å². The largest absolute Gasteiger partial charge is 0.462 e. The molecule has 1 aromatic heterocycles. The fraction of sp³-hybridized carbons (Fsp3) is 0.240. The molecule has 0 amide bonds. The molecule has 4 rings (SSSR count). The zero-order valence-corrected chi connectivity index (χ0v) is 20.0. The molecule has 7 heteroatoms. The van der Waals surface area contributed by atoms with Gasteiger partial charge in [-0.05, 0) is 68.5 Å². The summed E-state index contributed by atoms with van der Waals surface area (Å²) in [4.78, 5) is 31.1. The lowest BCUT2D eigenvalue weighted by atomic mass is 9.95. The molecule has 0 N–H and O–H groups in total. The second-order valence-electron chi connectivity index (χ2n) is 7.31. The molecule has 0 saturated heterocycles. The minimum atomic E-state index is -0.443. The van der Waals surface area contributed by atoms with E-state index in [-0.39, 0.29) is 5.97 Å². The van der Waals surface area contributed by atoms with Crippen molar-refractivity contribution in [1.82, 2.24) is 0 Å². The van der Waals surface area contributed by atoms with Crippen molar-refractivity contribution in [3.63, 3.8) is 0 Å². The van der Waals surface area contributed by atoms with Gasteiger partial charge in [-0.2, -0.15) is 0 Å². The number of carbonyl (C=O) groups is 2. The first-order valence-electron chi connectivity index (χ1n) is 10.5. The Bertz CT molecular complexity index is 1170. The first-order valence-corrected chi connectivity index (χ1v) is 12.1. The fourth-order valence-electron chi connectivity index (χ4n) is 3.63. The number of aliphatic imine (C=N–C) groups is 1. The molecule has 1 heterocycles. The Morgan fingerprint density at radius 3 is 2.66 bits per heavy atom. The van der Waals surface area contributed by atoms with Gasteiger partial charge in [-0.1, -0.05) is 34.1 Å². The van der Waals surface area contributed by atoms with Crippen LogP contribution in [0.4, 0.5) is 5.00 Å². The molecule has 1 aliphatic carbocycles. The summed E-state index contributed by atoms with van der Waals surface area (Å²) in [6, 6.07) is 14.2. The number of fused-ring (bicyclic) bond motifs is 1. The summed E-state index contributed by atoms with van der Waals surface area (Å²) in [5.74, 6) is -0.379. The lowest BCUT2D eigenvalue weighted by Crippen LogP contribution is -2.10. The van der Waals surface area contributed by atoms with Crippen LogP contribution in [0.15, 0.2) is 58.0 Å². The minimum absolute atomic E-state index is 0.317. The van der Waals surface area contributed by atoms with Gasteiger partial charge in [0.1, 0.15) is 10.8 Å². The average Bonchev–Trinajstić information content (AvgIpc) is 3.18. The van der Waals surface area contributed by atoms with Crippen molar-refractivity contribution in [1.29, 1.82) is 0 Å². The highest BCUT2D eigenvalue weighted by atomic mass is 79.9. The number of benzene rings is 2. The van der Waals surface area contributed by atoms with Crippen molar-refractivity contribution >= 4 is 50.4 Å². The highest BCUT2D eigenvalue weighted by Crippen LogP contribution is 2.40. The van der Waals surface area contributed by atoms with Gasteiger partial charge in [-0.25, -0.2) is 14.6 Å². The third-order valence-corrected chi connectivity index (χ3v) is 6.83. The van der Waals surface area contributed by atoms with Crippen molar-refractivity contribution in [2.45, 2.75) is 32.6 Å². The summed E-state index contributed by atoms with van der Waals surface area (Å²) in [6.45, 7) is 2.12. The number of aryl methyl sites for hydroxylation is 1. The van der Waals surface area contributed by atoms with Crippen LogP contribution in [0.3, 0.4) is 0 Å². The Kier molecular flexibility index (Phi) is 7.17. The quantitative estimate of drug-likeness (QED) is 0.214. The van der Waals surface area contributed by atoms with Gasteiger partial charge in [0.25, 0.3) is 0 Å². The number of nitrogens with zero attached hydrogens (tertiary/aromatic N) is 1. The monoisotopic (exact) mass is 511 g/mol. The maximum absolute atomic E-state index is 12.7. The Hall–Kier alpha value is -2.77. The maximum atomic E-state index is 12.7. The topological polar surface area (TPSA) is 65.0 Å². The van der Waals surface area contributed by atoms with Crippen LogP contribution in [-0.4, -0.2) is 24.8 Å². The summed E-state index contributed by atoms with van der Waals surface area (Å²) in [6.07, 6.45) is 5.64. The maximum Gasteiger partial charge on any atom is 0.343 e. The molecule has 0 fully saturated rings. The molecular weight excluding hydrogens is 490 g/mol. The highest BCUT2D eigenvalue weighted by Gasteiger charge is 2.26. The van der Waals surface area contributed by atoms with Crippen molar-refractivity contribution in [3.05, 3.63) is 80.1 Å². The third-order valence-electron chi connectivity index (χ3n) is 5.14. The van der Waals surface area contributed by atoms with E-state index in [0.717, 1.165) is 35.7 Å². The Labute approximate surface area is 199 Å². The van der Waals surface area contributed by atoms with Gasteiger partial charge in [-0.15, -0.1) is 11.3 Å². The molecular formula is C25H22BrNO4S. The van der Waals surface area contributed by atoms with Gasteiger partial charge in [0.05, 0.1) is 17.7 Å². The molecule has 5 nitrogen and oxygen atoms in total. The number of rotatable bonds is 6. The minimum Gasteiger partial charge on any atom is -0.462 e. The average molecular weight is 512 g/mol. The fourth-order valence-corrected chi connectivity index (χ4v) is 5.23. The number of hydrogen-bond acceptors (Lipinski definition) is 6. The van der Waals surface area contributed by atoms with Crippen molar-refractivity contribution in [3.8, 4) is 5.75 Å². The standard InChI is InChI=1S/C25H22BrNO4S/c1-2-30-25(29)22-19-10-6-7-11-21(19)32-23(22)27-15-17-14-18(26)12-13-20(17)31-24(28)16-8-4-3-5-9-16/h3-5,8-9,12-15H,2,6-7,10-11H2,1H3. The molecule has 2 aromatic carbocycles. The Morgan fingerprint density at radius 1 is 1.09 bits per heavy atom. The van der Waals surface area contributed by atoms with Gasteiger partial charge in [0, 0.05) is 21.1 Å². The number of esters is 2. The van der Waals surface area contributed by atoms with E-state index < -0.39 is 5.97 Å². The first kappa shape index (κ1) is 22.4. The first-order chi connectivity index (χ1) is 15.6. The molecule has 164 valence electrons. The van der Waals surface area contributed by atoms with Crippen LogP contribution in [0, 0.1) is 0 Å². The molecule has 32 heavy (non-hydrogen) atoms. The molecule has 0 bridgehead atoms. The van der Waals surface area contributed by atoms with Crippen LogP contribution in [0.1, 0.15) is 56.5 Å². The number of ether oxygens (including phenoxy) is 2. The smallest absolute Gasteiger partial charge is 0.343 e. The second kappa shape index (κ2) is 10.2. The zero-order valence-electron chi connectivity index (χ0n) is 17.6. The molecule has 0 spiro atoms. The van der Waals surface area contributed by atoms with Crippen LogP contribution in [0.5, 0.6) is 5.75 Å². The molecule has 0 radical (unpaired) electrons. The molecule has 3 aromatic rings. The molecule has 0 unspecified atom stereocenters. The van der Waals surface area contributed by atoms with E-state index in [2.05, 4.69) is 20.9 Å². The highest BCUT2D eigenvalue weighted by molar-refractivity contribution is 9.10. The van der Waals surface area contributed by atoms with Crippen LogP contribution in [-0.2, 0) is 17.6 Å². The number of hydrogen-bond donors (Lipinski definition) is 0. The summed E-state index contributed by atoms with van der Waals surface area (Å²) < 4.78 is 11.8. The van der Waals surface area contributed by atoms with E-state index in [9.17, 15) is 9.59 Å². The van der Waals surface area contributed by atoms with Gasteiger partial charge in [-0.3, -0.25) is 0 Å². The molecule has 1 aliphatic rings. The lowest BCUT2D eigenvalue weighted by Gasteiger charge is -2.11. The predicted octanol–water partition coefficient (Wildman–Crippen LogP) is 6.54. The lowest BCUT2D eigenvalue weighted by molar-refractivity contribution is 0.0526. The Balaban J connectivity index is 1.67. The number of halogens is 1. The normalized spacial score (nSPS) is 13.1. The van der Waals surface area contributed by atoms with E-state index in [1.807, 2.05) is 12.1 Å². The SMILES string of the molecule is CCOC(=O)c1c(N=Cc2cc(Br)ccc2OC(=O)c2ccccc2)sc2c1CCCC2. The van der Waals surface area contributed by atoms with E-state index in [1.54, 1.807) is 49.5 Å². The predicted molar refractivity (Wildman–Crippen MR) is 130 cm³/mol. The van der Waals surface area contributed by atoms with Crippen LogP contribution in [0.25, 0.3) is 0 Å². The molecule has 0 saturated carbocycles. The summed E-state index contributed by atoms with van der Waals surface area (Å²) in [5.41, 5.74) is 2.73. The van der Waals surface area contributed by atoms with Gasteiger partial charge >= 0.3 is 11.9 Å². The zero-order chi connectivity index (χ0) is 22.5. The van der Waals surface area contributed by atoms with Crippen molar-refractivity contribution in [2.75, 3.05) is 6.61 Å². The van der Waals surface area contributed by atoms with E-state index in [4.69, 9.17) is 9.47 Å². The van der Waals surface area contributed by atoms with E-state index in [1.165, 1.54) is 16.2 Å². The van der Waals surface area contributed by atoms with Crippen molar-refractivity contribution in [2.24, 2.45) is 4.99 Å². The van der Waals surface area contributed by atoms with Crippen molar-refractivity contribution < 1.29 is 19.1 Å². The number of thiophene rings is 1. The summed E-state index contributed by atoms with van der Waals surface area (Å²) in [7, 11) is 0.